The largest absolute Gasteiger partial charge is 0.339 e. The van der Waals surface area contributed by atoms with Gasteiger partial charge in [0.1, 0.15) is 0 Å². The van der Waals surface area contributed by atoms with E-state index in [2.05, 4.69) is 42.2 Å². The molecule has 21 heavy (non-hydrogen) atoms. The van der Waals surface area contributed by atoms with Crippen LogP contribution in [0.2, 0.25) is 0 Å². The van der Waals surface area contributed by atoms with Crippen molar-refractivity contribution in [3.63, 3.8) is 0 Å². The molecule has 0 atom stereocenters. The van der Waals surface area contributed by atoms with Crippen LogP contribution >= 0.6 is 0 Å². The highest BCUT2D eigenvalue weighted by atomic mass is 16.5. The lowest BCUT2D eigenvalue weighted by molar-refractivity contribution is 0.273. The number of hydrogen-bond acceptors (Lipinski definition) is 4. The van der Waals surface area contributed by atoms with Crippen molar-refractivity contribution in [1.29, 1.82) is 0 Å². The summed E-state index contributed by atoms with van der Waals surface area (Å²) in [4.78, 5) is 4.55. The van der Waals surface area contributed by atoms with Gasteiger partial charge in [0.25, 0.3) is 0 Å². The number of benzene rings is 1. The Kier molecular flexibility index (Phi) is 3.81. The van der Waals surface area contributed by atoms with Gasteiger partial charge in [-0.25, -0.2) is 0 Å². The molecule has 4 nitrogen and oxygen atoms in total. The van der Waals surface area contributed by atoms with E-state index in [0.717, 1.165) is 25.7 Å². The van der Waals surface area contributed by atoms with Crippen LogP contribution in [-0.2, 0) is 12.0 Å². The first-order valence-electron chi connectivity index (χ1n) is 7.75. The van der Waals surface area contributed by atoms with Gasteiger partial charge in [-0.1, -0.05) is 42.6 Å². The molecule has 0 spiro atoms. The van der Waals surface area contributed by atoms with E-state index in [1.54, 1.807) is 0 Å². The molecule has 1 fully saturated rings. The Morgan fingerprint density at radius 3 is 2.62 bits per heavy atom. The first-order valence-corrected chi connectivity index (χ1v) is 7.75. The van der Waals surface area contributed by atoms with Crippen LogP contribution in [0.25, 0.3) is 0 Å². The zero-order valence-electron chi connectivity index (χ0n) is 12.9. The maximum Gasteiger partial charge on any atom is 0.231 e. The molecule has 3 rings (SSSR count). The van der Waals surface area contributed by atoms with Crippen molar-refractivity contribution >= 4 is 0 Å². The average Bonchev–Trinajstić information content (AvgIpc) is 2.93. The van der Waals surface area contributed by atoms with Crippen LogP contribution in [0.3, 0.4) is 0 Å². The highest BCUT2D eigenvalue weighted by molar-refractivity contribution is 5.31. The molecular weight excluding hydrogens is 262 g/mol. The topological polar surface area (TPSA) is 64.9 Å². The van der Waals surface area contributed by atoms with Gasteiger partial charge in [-0.2, -0.15) is 4.98 Å². The second kappa shape index (κ2) is 5.60. The van der Waals surface area contributed by atoms with Gasteiger partial charge in [-0.05, 0) is 43.4 Å². The second-order valence-electron chi connectivity index (χ2n) is 6.32. The molecule has 0 amide bonds. The van der Waals surface area contributed by atoms with E-state index in [9.17, 15) is 0 Å². The number of nitrogens with zero attached hydrogens (tertiary/aromatic N) is 2. The summed E-state index contributed by atoms with van der Waals surface area (Å²) in [6.07, 6.45) is 6.14. The summed E-state index contributed by atoms with van der Waals surface area (Å²) in [7, 11) is 0. The van der Waals surface area contributed by atoms with Gasteiger partial charge in [0.15, 0.2) is 5.82 Å². The van der Waals surface area contributed by atoms with Gasteiger partial charge in [-0.15, -0.1) is 0 Å². The minimum atomic E-state index is -0.386. The van der Waals surface area contributed by atoms with Crippen LogP contribution in [0.4, 0.5) is 0 Å². The molecule has 0 aliphatic heterocycles. The van der Waals surface area contributed by atoms with E-state index in [1.807, 2.05) is 0 Å². The molecule has 2 N–H and O–H groups in total. The molecule has 112 valence electrons. The third-order valence-electron chi connectivity index (χ3n) is 4.59. The van der Waals surface area contributed by atoms with Gasteiger partial charge >= 0.3 is 0 Å². The Morgan fingerprint density at radius 2 is 1.90 bits per heavy atom. The van der Waals surface area contributed by atoms with E-state index in [0.29, 0.717) is 18.1 Å². The maximum absolute atomic E-state index is 6.45. The van der Waals surface area contributed by atoms with E-state index in [4.69, 9.17) is 10.3 Å². The van der Waals surface area contributed by atoms with E-state index >= 15 is 0 Å². The Morgan fingerprint density at radius 1 is 1.14 bits per heavy atom. The molecule has 1 aromatic carbocycles. The van der Waals surface area contributed by atoms with Crippen LogP contribution < -0.4 is 5.73 Å². The van der Waals surface area contributed by atoms with Crippen LogP contribution in [0.1, 0.15) is 60.5 Å². The van der Waals surface area contributed by atoms with Crippen molar-refractivity contribution in [2.45, 2.75) is 57.9 Å². The van der Waals surface area contributed by atoms with Gasteiger partial charge in [0.2, 0.25) is 5.89 Å². The lowest BCUT2D eigenvalue weighted by Gasteiger charge is -2.29. The molecule has 1 aliphatic carbocycles. The molecular formula is C17H23N3O. The summed E-state index contributed by atoms with van der Waals surface area (Å²) in [5.41, 5.74) is 9.84. The number of rotatable bonds is 3. The van der Waals surface area contributed by atoms with Gasteiger partial charge < -0.3 is 10.3 Å². The third-order valence-corrected chi connectivity index (χ3v) is 4.59. The number of hydrogen-bond donors (Lipinski definition) is 1. The molecule has 1 aromatic heterocycles. The normalized spacial score (nSPS) is 17.9. The standard InChI is InChI=1S/C17H23N3O/c1-12-6-7-14(10-13(12)2)11-15-19-16(20-21-15)17(18)8-4-3-5-9-17/h6-7,10H,3-5,8-9,11,18H2,1-2H3. The van der Waals surface area contributed by atoms with Crippen LogP contribution in [0.15, 0.2) is 22.7 Å². The molecule has 0 unspecified atom stereocenters. The highest BCUT2D eigenvalue weighted by Crippen LogP contribution is 2.33. The summed E-state index contributed by atoms with van der Waals surface area (Å²) in [5.74, 6) is 1.34. The Labute approximate surface area is 125 Å². The van der Waals surface area contributed by atoms with Crippen molar-refractivity contribution < 1.29 is 4.52 Å². The second-order valence-corrected chi connectivity index (χ2v) is 6.32. The van der Waals surface area contributed by atoms with E-state index < -0.39 is 0 Å². The Hall–Kier alpha value is -1.68. The van der Waals surface area contributed by atoms with Crippen molar-refractivity contribution in [2.75, 3.05) is 0 Å². The smallest absolute Gasteiger partial charge is 0.231 e. The monoisotopic (exact) mass is 285 g/mol. The fourth-order valence-electron chi connectivity index (χ4n) is 3.02. The molecule has 1 saturated carbocycles. The molecule has 0 saturated heterocycles. The zero-order chi connectivity index (χ0) is 14.9. The van der Waals surface area contributed by atoms with E-state index in [-0.39, 0.29) is 5.54 Å². The fourth-order valence-corrected chi connectivity index (χ4v) is 3.02. The minimum absolute atomic E-state index is 0.386. The Bertz CT molecular complexity index is 627. The zero-order valence-corrected chi connectivity index (χ0v) is 12.9. The quantitative estimate of drug-likeness (QED) is 0.938. The molecule has 0 bridgehead atoms. The molecule has 4 heteroatoms. The SMILES string of the molecule is Cc1ccc(Cc2nc(C3(N)CCCCC3)no2)cc1C. The molecule has 2 aromatic rings. The molecule has 1 heterocycles. The van der Waals surface area contributed by atoms with Crippen LogP contribution in [-0.4, -0.2) is 10.1 Å². The van der Waals surface area contributed by atoms with Crippen molar-refractivity contribution in [3.05, 3.63) is 46.6 Å². The first-order chi connectivity index (χ1) is 10.1. The molecule has 1 aliphatic rings. The van der Waals surface area contributed by atoms with Crippen LogP contribution in [0, 0.1) is 13.8 Å². The lowest BCUT2D eigenvalue weighted by atomic mass is 9.82. The van der Waals surface area contributed by atoms with Gasteiger partial charge in [-0.3, -0.25) is 0 Å². The average molecular weight is 285 g/mol. The van der Waals surface area contributed by atoms with Crippen molar-refractivity contribution in [3.8, 4) is 0 Å². The predicted octanol–water partition coefficient (Wildman–Crippen LogP) is 3.40. The number of aryl methyl sites for hydroxylation is 2. The third kappa shape index (κ3) is 3.00. The summed E-state index contributed by atoms with van der Waals surface area (Å²) in [6, 6.07) is 6.43. The lowest BCUT2D eigenvalue weighted by Crippen LogP contribution is -2.39. The fraction of sp³-hybridized carbons (Fsp3) is 0.529. The molecule has 0 radical (unpaired) electrons. The summed E-state index contributed by atoms with van der Waals surface area (Å²) in [5, 5.41) is 4.14. The number of aromatic nitrogens is 2. The summed E-state index contributed by atoms with van der Waals surface area (Å²) < 4.78 is 5.42. The summed E-state index contributed by atoms with van der Waals surface area (Å²) in [6.45, 7) is 4.24. The van der Waals surface area contributed by atoms with E-state index in [1.165, 1.54) is 23.1 Å². The van der Waals surface area contributed by atoms with Crippen molar-refractivity contribution in [2.24, 2.45) is 5.73 Å². The van der Waals surface area contributed by atoms with Crippen molar-refractivity contribution in [1.82, 2.24) is 10.1 Å². The van der Waals surface area contributed by atoms with Gasteiger partial charge in [0, 0.05) is 0 Å². The predicted molar refractivity (Wildman–Crippen MR) is 82.0 cm³/mol. The number of nitrogens with two attached hydrogens (primary N) is 1. The highest BCUT2D eigenvalue weighted by Gasteiger charge is 2.34. The van der Waals surface area contributed by atoms with Gasteiger partial charge in [0.05, 0.1) is 12.0 Å². The first kappa shape index (κ1) is 14.3. The summed E-state index contributed by atoms with van der Waals surface area (Å²) >= 11 is 0. The minimum Gasteiger partial charge on any atom is -0.339 e. The Balaban J connectivity index is 1.77. The maximum atomic E-state index is 6.45. The van der Waals surface area contributed by atoms with Crippen LogP contribution in [0.5, 0.6) is 0 Å².